The van der Waals surface area contributed by atoms with Gasteiger partial charge in [0, 0.05) is 25.2 Å². The fourth-order valence-corrected chi connectivity index (χ4v) is 5.80. The molecule has 1 aliphatic carbocycles. The molecular weight excluding hydrogens is 392 g/mol. The summed E-state index contributed by atoms with van der Waals surface area (Å²) in [5, 5.41) is 9.35. The molecule has 1 aromatic rings. The molecular formula is C23H26N6O2. The summed E-state index contributed by atoms with van der Waals surface area (Å²) in [6.45, 7) is 10.2. The van der Waals surface area contributed by atoms with E-state index in [1.165, 1.54) is 0 Å². The molecule has 3 aliphatic heterocycles. The van der Waals surface area contributed by atoms with Gasteiger partial charge >= 0.3 is 0 Å². The van der Waals surface area contributed by atoms with Gasteiger partial charge in [0.05, 0.1) is 30.8 Å². The monoisotopic (exact) mass is 418 g/mol. The average Bonchev–Trinajstić information content (AvgIpc) is 3.11. The van der Waals surface area contributed by atoms with E-state index < -0.39 is 6.04 Å². The first-order valence-corrected chi connectivity index (χ1v) is 10.9. The van der Waals surface area contributed by atoms with Crippen LogP contribution in [0.15, 0.2) is 24.3 Å². The molecule has 1 aromatic carbocycles. The Morgan fingerprint density at radius 2 is 2.06 bits per heavy atom. The minimum Gasteiger partial charge on any atom is -0.330 e. The first-order chi connectivity index (χ1) is 14.9. The number of likely N-dealkylation sites (tertiary alicyclic amines) is 3. The number of fused-ring (bicyclic) bond motifs is 3. The summed E-state index contributed by atoms with van der Waals surface area (Å²) in [4.78, 5) is 35.2. The number of nitrogens with zero attached hydrogens (tertiary/aromatic N) is 5. The van der Waals surface area contributed by atoms with E-state index in [0.29, 0.717) is 24.7 Å². The third-order valence-electron chi connectivity index (χ3n) is 7.49. The van der Waals surface area contributed by atoms with Crippen molar-refractivity contribution in [2.24, 2.45) is 11.7 Å². The molecule has 2 N–H and O–H groups in total. The number of nitriles is 1. The Balaban J connectivity index is 1.23. The second kappa shape index (κ2) is 7.33. The number of hydrogen-bond acceptors (Lipinski definition) is 5. The normalized spacial score (nSPS) is 33.0. The lowest BCUT2D eigenvalue weighted by atomic mass is 10.0. The maximum absolute atomic E-state index is 13.1. The van der Waals surface area contributed by atoms with E-state index >= 15 is 0 Å². The molecule has 4 aliphatic rings. The van der Waals surface area contributed by atoms with Crippen LogP contribution in [-0.2, 0) is 9.59 Å². The number of hydrogen-bond donors (Lipinski definition) is 1. The maximum Gasteiger partial charge on any atom is 0.242 e. The van der Waals surface area contributed by atoms with E-state index in [2.05, 4.69) is 10.9 Å². The van der Waals surface area contributed by atoms with E-state index in [4.69, 9.17) is 12.3 Å². The minimum absolute atomic E-state index is 0.0625. The largest absolute Gasteiger partial charge is 0.330 e. The molecule has 5 rings (SSSR count). The lowest BCUT2D eigenvalue weighted by Crippen LogP contribution is -2.57. The van der Waals surface area contributed by atoms with Crippen LogP contribution >= 0.6 is 0 Å². The summed E-state index contributed by atoms with van der Waals surface area (Å²) in [7, 11) is 0. The Morgan fingerprint density at radius 1 is 1.32 bits per heavy atom. The summed E-state index contributed by atoms with van der Waals surface area (Å²) in [6, 6.07) is 8.54. The van der Waals surface area contributed by atoms with Gasteiger partial charge in [0.2, 0.25) is 11.8 Å². The van der Waals surface area contributed by atoms with Crippen molar-refractivity contribution in [2.45, 2.75) is 62.4 Å². The van der Waals surface area contributed by atoms with Crippen molar-refractivity contribution >= 4 is 17.5 Å². The first-order valence-electron chi connectivity index (χ1n) is 10.9. The van der Waals surface area contributed by atoms with Crippen LogP contribution in [0.3, 0.4) is 0 Å². The molecule has 1 unspecified atom stereocenters. The molecule has 3 heterocycles. The van der Waals surface area contributed by atoms with Crippen LogP contribution in [0.2, 0.25) is 0 Å². The number of rotatable bonds is 5. The Labute approximate surface area is 182 Å². The number of benzene rings is 1. The number of nitrogens with two attached hydrogens (primary N) is 1. The third-order valence-corrected chi connectivity index (χ3v) is 7.49. The van der Waals surface area contributed by atoms with Crippen LogP contribution in [0.5, 0.6) is 0 Å². The summed E-state index contributed by atoms with van der Waals surface area (Å²) in [5.41, 5.74) is 7.88. The van der Waals surface area contributed by atoms with Crippen molar-refractivity contribution in [1.82, 2.24) is 14.7 Å². The quantitative estimate of drug-likeness (QED) is 0.730. The second-order valence-electron chi connectivity index (χ2n) is 9.28. The average molecular weight is 419 g/mol. The highest BCUT2D eigenvalue weighted by Gasteiger charge is 2.56. The van der Waals surface area contributed by atoms with Crippen LogP contribution in [0.1, 0.15) is 37.8 Å². The van der Waals surface area contributed by atoms with Crippen molar-refractivity contribution < 1.29 is 9.59 Å². The second-order valence-corrected chi connectivity index (χ2v) is 9.28. The lowest BCUT2D eigenvalue weighted by Gasteiger charge is -2.38. The fourth-order valence-electron chi connectivity index (χ4n) is 5.80. The molecule has 31 heavy (non-hydrogen) atoms. The first kappa shape index (κ1) is 20.0. The SMILES string of the molecule is [C-]#[N+]c1ccc([C@@H](C)N2C(=O)[C@H]3CC2CN3C[C@H](N)C(=O)N2[C@H](C#N)C[C@@H]3C[C@@H]32)cc1. The minimum atomic E-state index is -0.714. The van der Waals surface area contributed by atoms with Gasteiger partial charge in [0.25, 0.3) is 0 Å². The van der Waals surface area contributed by atoms with Crippen LogP contribution in [-0.4, -0.2) is 69.8 Å². The van der Waals surface area contributed by atoms with Gasteiger partial charge in [-0.1, -0.05) is 24.3 Å². The predicted molar refractivity (Wildman–Crippen MR) is 112 cm³/mol. The van der Waals surface area contributed by atoms with Gasteiger partial charge < -0.3 is 15.5 Å². The molecule has 2 amide bonds. The van der Waals surface area contributed by atoms with Crippen LogP contribution in [0, 0.1) is 23.8 Å². The lowest BCUT2D eigenvalue weighted by molar-refractivity contribution is -0.141. The molecule has 4 fully saturated rings. The summed E-state index contributed by atoms with van der Waals surface area (Å²) in [6.07, 6.45) is 2.49. The van der Waals surface area contributed by atoms with Gasteiger partial charge in [-0.3, -0.25) is 14.5 Å². The molecule has 3 saturated heterocycles. The predicted octanol–water partition coefficient (Wildman–Crippen LogP) is 1.42. The zero-order valence-corrected chi connectivity index (χ0v) is 17.5. The van der Waals surface area contributed by atoms with E-state index in [1.807, 2.05) is 28.9 Å². The van der Waals surface area contributed by atoms with E-state index in [-0.39, 0.29) is 42.0 Å². The summed E-state index contributed by atoms with van der Waals surface area (Å²) >= 11 is 0. The highest BCUT2D eigenvalue weighted by atomic mass is 16.2. The molecule has 0 radical (unpaired) electrons. The van der Waals surface area contributed by atoms with Crippen molar-refractivity contribution in [1.29, 1.82) is 5.26 Å². The molecule has 160 valence electrons. The van der Waals surface area contributed by atoms with Crippen LogP contribution < -0.4 is 5.73 Å². The zero-order valence-electron chi connectivity index (χ0n) is 17.5. The summed E-state index contributed by atoms with van der Waals surface area (Å²) in [5.74, 6) is 0.386. The zero-order chi connectivity index (χ0) is 21.9. The van der Waals surface area contributed by atoms with Crippen LogP contribution in [0.4, 0.5) is 5.69 Å². The number of amides is 2. The standard InChI is InChI=1S/C23H26N6O2/c1-13(14-3-5-16(26-2)6-4-14)28-18-9-21(23(28)31)27(11-18)12-19(25)22(30)29-17(10-24)7-15-8-20(15)29/h3-6,13,15,17-21H,7-9,11-12,25H2,1H3/t13-,15-,17+,18?,19+,20+,21-/m1/s1. The van der Waals surface area contributed by atoms with E-state index in [9.17, 15) is 14.9 Å². The molecule has 0 spiro atoms. The Hall–Kier alpha value is -2.94. The Bertz CT molecular complexity index is 995. The number of carbonyl (C=O) groups excluding carboxylic acids is 2. The Morgan fingerprint density at radius 3 is 2.71 bits per heavy atom. The number of piperidine rings is 1. The van der Waals surface area contributed by atoms with Gasteiger partial charge in [-0.2, -0.15) is 5.26 Å². The van der Waals surface area contributed by atoms with Gasteiger partial charge in [0.15, 0.2) is 5.69 Å². The van der Waals surface area contributed by atoms with Gasteiger partial charge in [-0.25, -0.2) is 4.85 Å². The van der Waals surface area contributed by atoms with Gasteiger partial charge in [-0.05, 0) is 37.7 Å². The Kier molecular flexibility index (Phi) is 4.73. The van der Waals surface area contributed by atoms with E-state index in [1.54, 1.807) is 17.0 Å². The molecule has 2 bridgehead atoms. The van der Waals surface area contributed by atoms with Gasteiger partial charge in [0.1, 0.15) is 6.04 Å². The van der Waals surface area contributed by atoms with Crippen molar-refractivity contribution in [3.63, 3.8) is 0 Å². The molecule has 0 aromatic heterocycles. The van der Waals surface area contributed by atoms with Crippen molar-refractivity contribution in [3.8, 4) is 6.07 Å². The molecule has 8 heteroatoms. The number of carbonyl (C=O) groups is 2. The van der Waals surface area contributed by atoms with Crippen LogP contribution in [0.25, 0.3) is 4.85 Å². The molecule has 8 nitrogen and oxygen atoms in total. The number of piperazine rings is 1. The highest BCUT2D eigenvalue weighted by Crippen LogP contribution is 2.48. The van der Waals surface area contributed by atoms with Crippen molar-refractivity contribution in [2.75, 3.05) is 13.1 Å². The smallest absolute Gasteiger partial charge is 0.242 e. The maximum atomic E-state index is 13.1. The van der Waals surface area contributed by atoms with E-state index in [0.717, 1.165) is 24.8 Å². The third kappa shape index (κ3) is 3.18. The van der Waals surface area contributed by atoms with Crippen molar-refractivity contribution in [3.05, 3.63) is 41.2 Å². The molecule has 1 saturated carbocycles. The van der Waals surface area contributed by atoms with Gasteiger partial charge in [-0.15, -0.1) is 0 Å². The fraction of sp³-hybridized carbons (Fsp3) is 0.565. The summed E-state index contributed by atoms with van der Waals surface area (Å²) < 4.78 is 0. The topological polar surface area (TPSA) is 98.0 Å². The molecule has 7 atom stereocenters. The highest BCUT2D eigenvalue weighted by molar-refractivity contribution is 5.87.